The summed E-state index contributed by atoms with van der Waals surface area (Å²) in [6, 6.07) is 12.3. The molecule has 0 radical (unpaired) electrons. The van der Waals surface area contributed by atoms with E-state index in [0.29, 0.717) is 4.47 Å². The van der Waals surface area contributed by atoms with Crippen molar-refractivity contribution in [1.82, 2.24) is 4.90 Å². The number of carbonyl (C=O) groups excluding carboxylic acids is 1. The number of likely N-dealkylation sites (tertiary alicyclic amines) is 1. The van der Waals surface area contributed by atoms with Gasteiger partial charge in [0.2, 0.25) is 0 Å². The zero-order valence-electron chi connectivity index (χ0n) is 14.5. The number of piperidine rings is 1. The van der Waals surface area contributed by atoms with Gasteiger partial charge in [-0.05, 0) is 61.8 Å². The molecule has 1 aliphatic rings. The molecule has 0 unspecified atom stereocenters. The molecule has 4 nitrogen and oxygen atoms in total. The summed E-state index contributed by atoms with van der Waals surface area (Å²) < 4.78 is 19.6. The van der Waals surface area contributed by atoms with Gasteiger partial charge in [0.15, 0.2) is 18.2 Å². The number of ether oxygens (including phenoxy) is 1. The van der Waals surface area contributed by atoms with Crippen LogP contribution in [-0.2, 0) is 11.3 Å². The van der Waals surface area contributed by atoms with Gasteiger partial charge in [0.25, 0.3) is 5.91 Å². The standard InChI is InChI=1S/C20H22BrFN2O2/c21-16-7-8-19(18(22)12-16)26-14-20(25)23-17-6-4-5-15(11-17)13-24-9-2-1-3-10-24/h4-8,11-12H,1-3,9-10,13-14H2,(H,23,25). The van der Waals surface area contributed by atoms with Crippen LogP contribution in [0.4, 0.5) is 10.1 Å². The third-order valence-corrected chi connectivity index (χ3v) is 4.81. The lowest BCUT2D eigenvalue weighted by Crippen LogP contribution is -2.29. The molecule has 0 atom stereocenters. The number of benzene rings is 2. The summed E-state index contributed by atoms with van der Waals surface area (Å²) in [6.45, 7) is 2.91. The Hall–Kier alpha value is -1.92. The molecule has 26 heavy (non-hydrogen) atoms. The molecule has 0 aromatic heterocycles. The van der Waals surface area contributed by atoms with Crippen LogP contribution in [0.2, 0.25) is 0 Å². The molecule has 6 heteroatoms. The summed E-state index contributed by atoms with van der Waals surface area (Å²) >= 11 is 3.18. The van der Waals surface area contributed by atoms with E-state index in [1.807, 2.05) is 18.2 Å². The van der Waals surface area contributed by atoms with Crippen LogP contribution in [0.1, 0.15) is 24.8 Å². The maximum absolute atomic E-state index is 13.7. The third-order valence-electron chi connectivity index (χ3n) is 4.32. The summed E-state index contributed by atoms with van der Waals surface area (Å²) in [6.07, 6.45) is 3.81. The van der Waals surface area contributed by atoms with E-state index in [0.717, 1.165) is 25.3 Å². The molecule has 1 heterocycles. The third kappa shape index (κ3) is 5.54. The molecule has 3 rings (SSSR count). The molecule has 1 fully saturated rings. The van der Waals surface area contributed by atoms with Gasteiger partial charge in [0.05, 0.1) is 0 Å². The molecule has 1 saturated heterocycles. The Morgan fingerprint density at radius 1 is 1.15 bits per heavy atom. The Bertz CT molecular complexity index is 763. The minimum Gasteiger partial charge on any atom is -0.481 e. The van der Waals surface area contributed by atoms with E-state index in [2.05, 4.69) is 32.2 Å². The van der Waals surface area contributed by atoms with E-state index in [4.69, 9.17) is 4.74 Å². The van der Waals surface area contributed by atoms with Gasteiger partial charge in [-0.1, -0.05) is 34.5 Å². The zero-order valence-corrected chi connectivity index (χ0v) is 16.1. The van der Waals surface area contributed by atoms with Gasteiger partial charge in [-0.3, -0.25) is 9.69 Å². The number of hydrogen-bond donors (Lipinski definition) is 1. The second-order valence-corrected chi connectivity index (χ2v) is 7.36. The largest absolute Gasteiger partial charge is 0.481 e. The monoisotopic (exact) mass is 420 g/mol. The molecular formula is C20H22BrFN2O2. The van der Waals surface area contributed by atoms with Crippen LogP contribution in [0.25, 0.3) is 0 Å². The normalized spacial score (nSPS) is 14.8. The van der Waals surface area contributed by atoms with Crippen LogP contribution in [0.15, 0.2) is 46.9 Å². The Kier molecular flexibility index (Phi) is 6.63. The van der Waals surface area contributed by atoms with Crippen molar-refractivity contribution in [2.24, 2.45) is 0 Å². The van der Waals surface area contributed by atoms with Crippen molar-refractivity contribution in [2.75, 3.05) is 25.0 Å². The van der Waals surface area contributed by atoms with Crippen molar-refractivity contribution >= 4 is 27.5 Å². The van der Waals surface area contributed by atoms with E-state index < -0.39 is 5.82 Å². The quantitative estimate of drug-likeness (QED) is 0.742. The molecule has 1 amide bonds. The second kappa shape index (κ2) is 9.14. The number of hydrogen-bond acceptors (Lipinski definition) is 3. The fourth-order valence-electron chi connectivity index (χ4n) is 3.06. The van der Waals surface area contributed by atoms with Crippen LogP contribution in [0.5, 0.6) is 5.75 Å². The molecule has 0 aliphatic carbocycles. The second-order valence-electron chi connectivity index (χ2n) is 6.45. The fourth-order valence-corrected chi connectivity index (χ4v) is 3.39. The number of carbonyl (C=O) groups is 1. The summed E-state index contributed by atoms with van der Waals surface area (Å²) in [4.78, 5) is 14.5. The van der Waals surface area contributed by atoms with Gasteiger partial charge in [-0.15, -0.1) is 0 Å². The molecular weight excluding hydrogens is 399 g/mol. The Labute approximate surface area is 161 Å². The SMILES string of the molecule is O=C(COc1ccc(Br)cc1F)Nc1cccc(CN2CCCCC2)c1. The molecule has 2 aromatic carbocycles. The first-order valence-corrected chi connectivity index (χ1v) is 9.58. The number of nitrogens with one attached hydrogen (secondary N) is 1. The number of amides is 1. The highest BCUT2D eigenvalue weighted by Crippen LogP contribution is 2.21. The highest BCUT2D eigenvalue weighted by atomic mass is 79.9. The van der Waals surface area contributed by atoms with Crippen molar-refractivity contribution in [3.63, 3.8) is 0 Å². The van der Waals surface area contributed by atoms with Crippen molar-refractivity contribution in [2.45, 2.75) is 25.8 Å². The van der Waals surface area contributed by atoms with Gasteiger partial charge >= 0.3 is 0 Å². The highest BCUT2D eigenvalue weighted by molar-refractivity contribution is 9.10. The van der Waals surface area contributed by atoms with Crippen LogP contribution in [0.3, 0.4) is 0 Å². The van der Waals surface area contributed by atoms with Crippen LogP contribution >= 0.6 is 15.9 Å². The van der Waals surface area contributed by atoms with E-state index in [1.165, 1.54) is 37.0 Å². The minimum atomic E-state index is -0.504. The van der Waals surface area contributed by atoms with E-state index in [1.54, 1.807) is 6.07 Å². The molecule has 1 aliphatic heterocycles. The number of nitrogens with zero attached hydrogens (tertiary/aromatic N) is 1. The summed E-state index contributed by atoms with van der Waals surface area (Å²) in [7, 11) is 0. The fraction of sp³-hybridized carbons (Fsp3) is 0.350. The molecule has 138 valence electrons. The lowest BCUT2D eigenvalue weighted by Gasteiger charge is -2.26. The van der Waals surface area contributed by atoms with E-state index in [9.17, 15) is 9.18 Å². The smallest absolute Gasteiger partial charge is 0.262 e. The number of halogens is 2. The Balaban J connectivity index is 1.52. The maximum Gasteiger partial charge on any atom is 0.262 e. The molecule has 0 spiro atoms. The van der Waals surface area contributed by atoms with Crippen LogP contribution < -0.4 is 10.1 Å². The van der Waals surface area contributed by atoms with E-state index >= 15 is 0 Å². The zero-order chi connectivity index (χ0) is 18.4. The van der Waals surface area contributed by atoms with Crippen molar-refractivity contribution < 1.29 is 13.9 Å². The molecule has 1 N–H and O–H groups in total. The molecule has 2 aromatic rings. The van der Waals surface area contributed by atoms with Gasteiger partial charge in [-0.2, -0.15) is 0 Å². The predicted molar refractivity (Wildman–Crippen MR) is 104 cm³/mol. The highest BCUT2D eigenvalue weighted by Gasteiger charge is 2.11. The maximum atomic E-state index is 13.7. The first-order valence-electron chi connectivity index (χ1n) is 8.79. The number of rotatable bonds is 6. The van der Waals surface area contributed by atoms with Crippen molar-refractivity contribution in [1.29, 1.82) is 0 Å². The van der Waals surface area contributed by atoms with Gasteiger partial charge in [0.1, 0.15) is 0 Å². The Morgan fingerprint density at radius 2 is 1.96 bits per heavy atom. The van der Waals surface area contributed by atoms with Gasteiger partial charge in [0, 0.05) is 16.7 Å². The summed E-state index contributed by atoms with van der Waals surface area (Å²) in [5.74, 6) is -0.764. The lowest BCUT2D eigenvalue weighted by molar-refractivity contribution is -0.118. The molecule has 0 bridgehead atoms. The van der Waals surface area contributed by atoms with Crippen LogP contribution in [-0.4, -0.2) is 30.5 Å². The summed E-state index contributed by atoms with van der Waals surface area (Å²) in [5, 5.41) is 2.81. The minimum absolute atomic E-state index is 0.0576. The first kappa shape index (κ1) is 18.9. The topological polar surface area (TPSA) is 41.6 Å². The number of anilines is 1. The van der Waals surface area contributed by atoms with Crippen molar-refractivity contribution in [3.05, 3.63) is 58.3 Å². The van der Waals surface area contributed by atoms with E-state index in [-0.39, 0.29) is 18.3 Å². The first-order chi connectivity index (χ1) is 12.6. The average molecular weight is 421 g/mol. The van der Waals surface area contributed by atoms with Crippen molar-refractivity contribution in [3.8, 4) is 5.75 Å². The summed E-state index contributed by atoms with van der Waals surface area (Å²) in [5.41, 5.74) is 1.90. The Morgan fingerprint density at radius 3 is 2.73 bits per heavy atom. The lowest BCUT2D eigenvalue weighted by atomic mass is 10.1. The molecule has 0 saturated carbocycles. The predicted octanol–water partition coefficient (Wildman–Crippen LogP) is 4.59. The van der Waals surface area contributed by atoms with Crippen LogP contribution in [0, 0.1) is 5.82 Å². The van der Waals surface area contributed by atoms with Gasteiger partial charge in [-0.25, -0.2) is 4.39 Å². The van der Waals surface area contributed by atoms with Gasteiger partial charge < -0.3 is 10.1 Å². The average Bonchev–Trinajstić information content (AvgIpc) is 2.62.